The van der Waals surface area contributed by atoms with E-state index in [0.29, 0.717) is 35.3 Å². The van der Waals surface area contributed by atoms with Gasteiger partial charge in [0.25, 0.3) is 5.79 Å². The molecule has 0 bridgehead atoms. The van der Waals surface area contributed by atoms with Crippen LogP contribution in [0.2, 0.25) is 5.02 Å². The van der Waals surface area contributed by atoms with E-state index < -0.39 is 11.8 Å². The van der Waals surface area contributed by atoms with E-state index in [1.165, 1.54) is 7.11 Å². The van der Waals surface area contributed by atoms with Crippen molar-refractivity contribution in [3.8, 4) is 11.5 Å². The molecule has 2 aromatic carbocycles. The molecule has 0 saturated carbocycles. The van der Waals surface area contributed by atoms with Gasteiger partial charge in [-0.3, -0.25) is 4.90 Å². The lowest BCUT2D eigenvalue weighted by Crippen LogP contribution is -2.35. The van der Waals surface area contributed by atoms with Crippen LogP contribution < -0.4 is 9.47 Å². The summed E-state index contributed by atoms with van der Waals surface area (Å²) in [6.07, 6.45) is 4.70. The van der Waals surface area contributed by atoms with E-state index in [-0.39, 0.29) is 11.8 Å². The number of methoxy groups -OCH3 is 1. The van der Waals surface area contributed by atoms with Crippen molar-refractivity contribution in [3.05, 3.63) is 82.5 Å². The van der Waals surface area contributed by atoms with Crippen molar-refractivity contribution in [1.82, 2.24) is 19.4 Å². The van der Waals surface area contributed by atoms with Crippen LogP contribution in [-0.4, -0.2) is 58.3 Å². The number of halogens is 1. The number of benzene rings is 2. The molecule has 2 fully saturated rings. The minimum Gasteiger partial charge on any atom is -0.464 e. The number of aromatic nitrogens is 3. The number of furan rings is 1. The summed E-state index contributed by atoms with van der Waals surface area (Å²) in [5.41, 5.74) is 4.35. The maximum absolute atomic E-state index is 12.2. The van der Waals surface area contributed by atoms with Crippen molar-refractivity contribution in [2.24, 2.45) is 0 Å². The van der Waals surface area contributed by atoms with E-state index in [1.807, 2.05) is 43.3 Å². The second-order valence-corrected chi connectivity index (χ2v) is 12.5. The number of esters is 1. The molecule has 1 unspecified atom stereocenters. The molecule has 0 amide bonds. The lowest BCUT2D eigenvalue weighted by Gasteiger charge is -2.33. The summed E-state index contributed by atoms with van der Waals surface area (Å²) in [4.78, 5) is 24.2. The Hall–Kier alpha value is -4.12. The highest BCUT2D eigenvalue weighted by atomic mass is 35.5. The fourth-order valence-electron chi connectivity index (χ4n) is 6.78. The number of rotatable bonds is 7. The van der Waals surface area contributed by atoms with Gasteiger partial charge in [0.15, 0.2) is 22.8 Å². The van der Waals surface area contributed by atoms with Crippen molar-refractivity contribution in [2.75, 3.05) is 26.8 Å². The van der Waals surface area contributed by atoms with Gasteiger partial charge in [-0.1, -0.05) is 23.7 Å². The number of carbonyl (C=O) groups is 1. The number of carbonyl (C=O) groups excluding carboxylic acids is 1. The zero-order valence-corrected chi connectivity index (χ0v) is 25.9. The number of nitrogens with zero attached hydrogens (tertiary/aromatic N) is 4. The topological polar surface area (TPSA) is 101 Å². The zero-order chi connectivity index (χ0) is 30.7. The molecule has 45 heavy (non-hydrogen) atoms. The van der Waals surface area contributed by atoms with Crippen LogP contribution in [0, 0.1) is 0 Å². The van der Waals surface area contributed by atoms with Gasteiger partial charge < -0.3 is 27.9 Å². The minimum atomic E-state index is -1.04. The second kappa shape index (κ2) is 11.0. The number of ether oxygens (including phenoxy) is 4. The van der Waals surface area contributed by atoms with E-state index in [9.17, 15) is 4.79 Å². The number of piperidine rings is 1. The Morgan fingerprint density at radius 1 is 1.07 bits per heavy atom. The molecule has 8 rings (SSSR count). The van der Waals surface area contributed by atoms with Gasteiger partial charge in [0.05, 0.1) is 43.2 Å². The highest BCUT2D eigenvalue weighted by molar-refractivity contribution is 6.35. The third kappa shape index (κ3) is 4.92. The van der Waals surface area contributed by atoms with Crippen molar-refractivity contribution in [3.63, 3.8) is 0 Å². The number of pyridine rings is 1. The Morgan fingerprint density at radius 2 is 1.91 bits per heavy atom. The van der Waals surface area contributed by atoms with E-state index >= 15 is 0 Å². The number of hydrogen-bond donors (Lipinski definition) is 0. The van der Waals surface area contributed by atoms with Crippen LogP contribution in [0.1, 0.15) is 59.5 Å². The van der Waals surface area contributed by atoms with Crippen LogP contribution in [0.3, 0.4) is 0 Å². The summed E-state index contributed by atoms with van der Waals surface area (Å²) < 4.78 is 31.7. The fourth-order valence-corrected chi connectivity index (χ4v) is 6.99. The van der Waals surface area contributed by atoms with E-state index in [1.54, 1.807) is 12.3 Å². The third-order valence-electron chi connectivity index (χ3n) is 9.30. The molecule has 232 valence electrons. The highest BCUT2D eigenvalue weighted by Gasteiger charge is 2.43. The average molecular weight is 629 g/mol. The zero-order valence-electron chi connectivity index (χ0n) is 25.1. The summed E-state index contributed by atoms with van der Waals surface area (Å²) in [6, 6.07) is 15.3. The summed E-state index contributed by atoms with van der Waals surface area (Å²) in [6.45, 7) is 5.84. The molecular formula is C34H33ClN4O6. The van der Waals surface area contributed by atoms with Crippen molar-refractivity contribution < 1.29 is 28.2 Å². The molecule has 3 aromatic heterocycles. The lowest BCUT2D eigenvalue weighted by atomic mass is 9.88. The number of para-hydroxylation sites is 1. The molecule has 5 aromatic rings. The molecule has 0 radical (unpaired) electrons. The van der Waals surface area contributed by atoms with Crippen molar-refractivity contribution in [2.45, 2.75) is 57.1 Å². The second-order valence-electron chi connectivity index (χ2n) is 12.1. The van der Waals surface area contributed by atoms with Crippen LogP contribution >= 0.6 is 11.6 Å². The van der Waals surface area contributed by atoms with Gasteiger partial charge in [-0.2, -0.15) is 0 Å². The molecule has 2 saturated heterocycles. The molecule has 0 N–H and O–H groups in total. The SMILES string of the molecule is COC(=O)c1ccc2nc(CN3CCC(c4cccc5c4OC(C)(c4ccc(Cl)c6ccoc46)O5)CC3)n(C[C@@H]3CCO3)c2n1. The summed E-state index contributed by atoms with van der Waals surface area (Å²) in [7, 11) is 1.36. The quantitative estimate of drug-likeness (QED) is 0.189. The van der Waals surface area contributed by atoms with Gasteiger partial charge in [0, 0.05) is 24.5 Å². The Kier molecular flexibility index (Phi) is 6.96. The minimum absolute atomic E-state index is 0.125. The van der Waals surface area contributed by atoms with Gasteiger partial charge in [-0.25, -0.2) is 14.8 Å². The van der Waals surface area contributed by atoms with E-state index in [2.05, 4.69) is 20.5 Å². The fraction of sp³-hybridized carbons (Fsp3) is 0.382. The maximum atomic E-state index is 12.2. The number of hydrogen-bond acceptors (Lipinski definition) is 9. The van der Waals surface area contributed by atoms with Gasteiger partial charge in [-0.15, -0.1) is 0 Å². The van der Waals surface area contributed by atoms with Gasteiger partial charge >= 0.3 is 5.97 Å². The molecule has 2 atom stereocenters. The molecule has 11 heteroatoms. The Balaban J connectivity index is 1.00. The van der Waals surface area contributed by atoms with Gasteiger partial charge in [0.1, 0.15) is 16.9 Å². The first kappa shape index (κ1) is 28.4. The monoisotopic (exact) mass is 628 g/mol. The van der Waals surface area contributed by atoms with Gasteiger partial charge in [0.2, 0.25) is 0 Å². The first-order chi connectivity index (χ1) is 21.9. The number of imidazole rings is 1. The smallest absolute Gasteiger partial charge is 0.356 e. The van der Waals surface area contributed by atoms with Crippen LogP contribution in [0.25, 0.3) is 22.1 Å². The third-order valence-corrected chi connectivity index (χ3v) is 9.63. The van der Waals surface area contributed by atoms with Crippen LogP contribution in [-0.2, 0) is 28.4 Å². The lowest BCUT2D eigenvalue weighted by molar-refractivity contribution is -0.0678. The first-order valence-corrected chi connectivity index (χ1v) is 15.7. The highest BCUT2D eigenvalue weighted by Crippen LogP contribution is 2.50. The normalized spacial score (nSPS) is 21.8. The molecular weight excluding hydrogens is 596 g/mol. The Labute approximate surface area is 264 Å². The first-order valence-electron chi connectivity index (χ1n) is 15.4. The largest absolute Gasteiger partial charge is 0.464 e. The molecule has 3 aliphatic rings. The standard InChI is InChI=1S/C34H33ClN4O6/c1-34(24-6-7-25(35)23-13-17-43-30(23)24)44-28-5-3-4-22(31(28)45-34)20-10-14-38(15-11-20)19-29-36-26-8-9-27(33(40)41-2)37-32(26)39(29)18-21-12-16-42-21/h3-9,13,17,20-21H,10-12,14-16,18-19H2,1-2H3/t21-,34?/m0/s1. The molecule has 6 heterocycles. The number of fused-ring (bicyclic) bond motifs is 3. The van der Waals surface area contributed by atoms with Crippen LogP contribution in [0.4, 0.5) is 0 Å². The maximum Gasteiger partial charge on any atom is 0.356 e. The molecule has 3 aliphatic heterocycles. The van der Waals surface area contributed by atoms with Crippen molar-refractivity contribution in [1.29, 1.82) is 0 Å². The molecule has 0 spiro atoms. The summed E-state index contributed by atoms with van der Waals surface area (Å²) >= 11 is 6.41. The van der Waals surface area contributed by atoms with Gasteiger partial charge in [-0.05, 0) is 74.7 Å². The predicted molar refractivity (Wildman–Crippen MR) is 167 cm³/mol. The Morgan fingerprint density at radius 3 is 2.69 bits per heavy atom. The van der Waals surface area contributed by atoms with E-state index in [0.717, 1.165) is 78.3 Å². The van der Waals surface area contributed by atoms with Crippen molar-refractivity contribution >= 4 is 39.7 Å². The van der Waals surface area contributed by atoms with E-state index in [4.69, 9.17) is 39.9 Å². The molecule has 10 nitrogen and oxygen atoms in total. The average Bonchev–Trinajstić information content (AvgIpc) is 3.74. The number of likely N-dealkylation sites (tertiary alicyclic amines) is 1. The summed E-state index contributed by atoms with van der Waals surface area (Å²) in [5.74, 6) is 1.28. The van der Waals surface area contributed by atoms with Crippen LogP contribution in [0.5, 0.6) is 11.5 Å². The van der Waals surface area contributed by atoms with Crippen LogP contribution in [0.15, 0.2) is 59.2 Å². The predicted octanol–water partition coefficient (Wildman–Crippen LogP) is 6.43. The Bertz CT molecular complexity index is 1920. The molecule has 0 aliphatic carbocycles. The summed E-state index contributed by atoms with van der Waals surface area (Å²) in [5, 5.41) is 1.46.